The van der Waals surface area contributed by atoms with Crippen molar-refractivity contribution in [2.75, 3.05) is 32.2 Å². The summed E-state index contributed by atoms with van der Waals surface area (Å²) in [6.07, 6.45) is 4.76. The lowest BCUT2D eigenvalue weighted by molar-refractivity contribution is -0.123. The van der Waals surface area contributed by atoms with Gasteiger partial charge in [0.2, 0.25) is 5.91 Å². The highest BCUT2D eigenvalue weighted by molar-refractivity contribution is 6.02. The normalized spacial score (nSPS) is 10.3. The number of hydrogen-bond acceptors (Lipinski definition) is 5. The minimum absolute atomic E-state index is 0.0524. The predicted molar refractivity (Wildman–Crippen MR) is 117 cm³/mol. The fraction of sp³-hybridized carbons (Fsp3) is 0.217. The molecule has 0 fully saturated rings. The first kappa shape index (κ1) is 22.5. The van der Waals surface area contributed by atoms with E-state index in [0.717, 1.165) is 5.56 Å². The Balaban J connectivity index is 1.91. The molecule has 0 aliphatic carbocycles. The van der Waals surface area contributed by atoms with Crippen LogP contribution in [-0.4, -0.2) is 38.7 Å². The van der Waals surface area contributed by atoms with Gasteiger partial charge in [0.05, 0.1) is 7.11 Å². The second kappa shape index (κ2) is 12.0. The summed E-state index contributed by atoms with van der Waals surface area (Å²) in [7, 11) is 1.56. The van der Waals surface area contributed by atoms with E-state index in [0.29, 0.717) is 36.1 Å². The van der Waals surface area contributed by atoms with Crippen LogP contribution in [0.2, 0.25) is 0 Å². The quantitative estimate of drug-likeness (QED) is 0.438. The molecule has 0 radical (unpaired) electrons. The minimum Gasteiger partial charge on any atom is -0.493 e. The fourth-order valence-corrected chi connectivity index (χ4v) is 2.44. The number of nitrogens with one attached hydrogen (secondary N) is 2. The molecule has 7 heteroatoms. The number of methoxy groups -OCH3 is 1. The Morgan fingerprint density at radius 3 is 2.50 bits per heavy atom. The molecule has 7 nitrogen and oxygen atoms in total. The molecule has 0 aliphatic rings. The molecule has 0 saturated heterocycles. The summed E-state index contributed by atoms with van der Waals surface area (Å²) >= 11 is 0. The van der Waals surface area contributed by atoms with Crippen LogP contribution in [0.1, 0.15) is 12.5 Å². The molecule has 2 aromatic carbocycles. The number of benzene rings is 2. The zero-order valence-electron chi connectivity index (χ0n) is 17.1. The molecule has 0 bridgehead atoms. The molecule has 0 aliphatic heterocycles. The highest BCUT2D eigenvalue weighted by atomic mass is 16.5. The first-order valence-corrected chi connectivity index (χ1v) is 9.46. The van der Waals surface area contributed by atoms with E-state index < -0.39 is 0 Å². The molecule has 2 N–H and O–H groups in total. The summed E-state index contributed by atoms with van der Waals surface area (Å²) in [6, 6.07) is 12.2. The topological polar surface area (TPSA) is 85.9 Å². The first-order chi connectivity index (χ1) is 14.5. The molecule has 0 atom stereocenters. The van der Waals surface area contributed by atoms with Crippen LogP contribution in [0.5, 0.6) is 17.2 Å². The molecule has 0 unspecified atom stereocenters. The standard InChI is InChI=1S/C23H26N2O5/c1-4-14-29-20-12-6-17(15-21(20)28-3)7-13-22(26)25-18-8-10-19(11-9-18)30-16-23(27)24-5-2/h4,6-13,15H,1,5,14,16H2,2-3H3,(H,24,27)(H,25,26)/b13-7+. The highest BCUT2D eigenvalue weighted by Crippen LogP contribution is 2.28. The molecule has 2 amide bonds. The molecule has 0 aromatic heterocycles. The summed E-state index contributed by atoms with van der Waals surface area (Å²) in [6.45, 7) is 6.34. The fourth-order valence-electron chi connectivity index (χ4n) is 2.44. The number of carbonyl (C=O) groups excluding carboxylic acids is 2. The number of amides is 2. The number of hydrogen-bond donors (Lipinski definition) is 2. The summed E-state index contributed by atoms with van der Waals surface area (Å²) in [5.74, 6) is 1.26. The number of anilines is 1. The van der Waals surface area contributed by atoms with E-state index in [-0.39, 0.29) is 18.4 Å². The third-order valence-electron chi connectivity index (χ3n) is 3.84. The zero-order chi connectivity index (χ0) is 21.8. The maximum absolute atomic E-state index is 12.2. The van der Waals surface area contributed by atoms with E-state index in [1.165, 1.54) is 6.08 Å². The Morgan fingerprint density at radius 1 is 1.07 bits per heavy atom. The van der Waals surface area contributed by atoms with Gasteiger partial charge in [-0.1, -0.05) is 18.7 Å². The number of ether oxygens (including phenoxy) is 3. The van der Waals surface area contributed by atoms with Crippen molar-refractivity contribution in [2.45, 2.75) is 6.92 Å². The molecule has 0 saturated carbocycles. The summed E-state index contributed by atoms with van der Waals surface area (Å²) in [5.41, 5.74) is 1.41. The lowest BCUT2D eigenvalue weighted by Crippen LogP contribution is -2.28. The first-order valence-electron chi connectivity index (χ1n) is 9.46. The van der Waals surface area contributed by atoms with Crippen molar-refractivity contribution in [1.82, 2.24) is 5.32 Å². The van der Waals surface area contributed by atoms with E-state index in [9.17, 15) is 9.59 Å². The second-order valence-electron chi connectivity index (χ2n) is 6.10. The van der Waals surface area contributed by atoms with Crippen molar-refractivity contribution in [3.8, 4) is 17.2 Å². The molecular weight excluding hydrogens is 384 g/mol. The third kappa shape index (κ3) is 7.35. The second-order valence-corrected chi connectivity index (χ2v) is 6.10. The van der Waals surface area contributed by atoms with Gasteiger partial charge in [0.15, 0.2) is 18.1 Å². The molecule has 0 spiro atoms. The lowest BCUT2D eigenvalue weighted by Gasteiger charge is -2.09. The van der Waals surface area contributed by atoms with Crippen molar-refractivity contribution >= 4 is 23.6 Å². The van der Waals surface area contributed by atoms with Gasteiger partial charge in [0, 0.05) is 18.3 Å². The Bertz CT molecular complexity index is 891. The number of likely N-dealkylation sites (N-methyl/N-ethyl adjacent to an activating group) is 1. The van der Waals surface area contributed by atoms with Crippen LogP contribution in [0.25, 0.3) is 6.08 Å². The molecule has 30 heavy (non-hydrogen) atoms. The smallest absolute Gasteiger partial charge is 0.257 e. The number of carbonyl (C=O) groups is 2. The van der Waals surface area contributed by atoms with Gasteiger partial charge in [-0.3, -0.25) is 9.59 Å². The van der Waals surface area contributed by atoms with Crippen LogP contribution < -0.4 is 24.8 Å². The highest BCUT2D eigenvalue weighted by Gasteiger charge is 2.05. The Hall–Kier alpha value is -3.74. The van der Waals surface area contributed by atoms with Gasteiger partial charge < -0.3 is 24.8 Å². The summed E-state index contributed by atoms with van der Waals surface area (Å²) in [5, 5.41) is 5.42. The maximum Gasteiger partial charge on any atom is 0.257 e. The minimum atomic E-state index is -0.281. The number of rotatable bonds is 11. The molecule has 0 heterocycles. The van der Waals surface area contributed by atoms with Gasteiger partial charge in [-0.2, -0.15) is 0 Å². The third-order valence-corrected chi connectivity index (χ3v) is 3.84. The van der Waals surface area contributed by atoms with Gasteiger partial charge in [-0.15, -0.1) is 0 Å². The van der Waals surface area contributed by atoms with Gasteiger partial charge in [-0.25, -0.2) is 0 Å². The van der Waals surface area contributed by atoms with Crippen molar-refractivity contribution in [2.24, 2.45) is 0 Å². The van der Waals surface area contributed by atoms with Crippen LogP contribution in [0.3, 0.4) is 0 Å². The van der Waals surface area contributed by atoms with E-state index in [1.807, 2.05) is 13.0 Å². The van der Waals surface area contributed by atoms with E-state index >= 15 is 0 Å². The average Bonchev–Trinajstić information content (AvgIpc) is 2.76. The Labute approximate surface area is 176 Å². The van der Waals surface area contributed by atoms with E-state index in [2.05, 4.69) is 17.2 Å². The monoisotopic (exact) mass is 410 g/mol. The van der Waals surface area contributed by atoms with Crippen LogP contribution in [0.15, 0.2) is 61.2 Å². The lowest BCUT2D eigenvalue weighted by atomic mass is 10.2. The van der Waals surface area contributed by atoms with E-state index in [4.69, 9.17) is 14.2 Å². The van der Waals surface area contributed by atoms with Crippen LogP contribution in [0, 0.1) is 0 Å². The van der Waals surface area contributed by atoms with Crippen molar-refractivity contribution in [3.63, 3.8) is 0 Å². The zero-order valence-corrected chi connectivity index (χ0v) is 17.1. The summed E-state index contributed by atoms with van der Waals surface area (Å²) in [4.78, 5) is 23.6. The molecule has 158 valence electrons. The van der Waals surface area contributed by atoms with Crippen molar-refractivity contribution < 1.29 is 23.8 Å². The average molecular weight is 410 g/mol. The van der Waals surface area contributed by atoms with Crippen LogP contribution >= 0.6 is 0 Å². The molecule has 2 aromatic rings. The van der Waals surface area contributed by atoms with Gasteiger partial charge >= 0.3 is 0 Å². The van der Waals surface area contributed by atoms with Crippen molar-refractivity contribution in [1.29, 1.82) is 0 Å². The van der Waals surface area contributed by atoms with Gasteiger partial charge in [0.1, 0.15) is 12.4 Å². The van der Waals surface area contributed by atoms with E-state index in [1.54, 1.807) is 55.7 Å². The van der Waals surface area contributed by atoms with Crippen LogP contribution in [-0.2, 0) is 9.59 Å². The predicted octanol–water partition coefficient (Wildman–Crippen LogP) is 3.43. The Kier molecular flexibility index (Phi) is 8.99. The van der Waals surface area contributed by atoms with Gasteiger partial charge in [0.25, 0.3) is 5.91 Å². The van der Waals surface area contributed by atoms with Crippen LogP contribution in [0.4, 0.5) is 5.69 Å². The SMILES string of the molecule is C=CCOc1ccc(/C=C/C(=O)Nc2ccc(OCC(=O)NCC)cc2)cc1OC. The largest absolute Gasteiger partial charge is 0.493 e. The van der Waals surface area contributed by atoms with Gasteiger partial charge in [-0.05, 0) is 55.0 Å². The Morgan fingerprint density at radius 2 is 1.83 bits per heavy atom. The van der Waals surface area contributed by atoms with Crippen molar-refractivity contribution in [3.05, 3.63) is 66.8 Å². The molecular formula is C23H26N2O5. The molecule has 2 rings (SSSR count). The summed E-state index contributed by atoms with van der Waals surface area (Å²) < 4.78 is 16.2. The maximum atomic E-state index is 12.2.